The third-order valence-electron chi connectivity index (χ3n) is 5.07. The van der Waals surface area contributed by atoms with E-state index in [0.29, 0.717) is 25.4 Å². The minimum Gasteiger partial charge on any atom is -0.497 e. The minimum absolute atomic E-state index is 0.0213. The number of carbonyl (C=O) groups is 1. The van der Waals surface area contributed by atoms with Crippen LogP contribution in [0.1, 0.15) is 39.2 Å². The molecule has 9 heteroatoms. The van der Waals surface area contributed by atoms with Gasteiger partial charge >= 0.3 is 16.1 Å². The van der Waals surface area contributed by atoms with Gasteiger partial charge in [-0.25, -0.2) is 4.79 Å². The first-order valence-electron chi connectivity index (χ1n) is 10.9. The SMILES string of the molecule is COc1ccc(S(=O)(=O)Oc2ccc(CN(CC3CCCO3)C(=O)NC(C)(C)C)cc2)cc1. The normalized spacial score (nSPS) is 16.3. The highest BCUT2D eigenvalue weighted by Gasteiger charge is 2.25. The molecule has 0 aliphatic carbocycles. The zero-order chi connectivity index (χ0) is 24.1. The van der Waals surface area contributed by atoms with Gasteiger partial charge in [0.1, 0.15) is 16.4 Å². The molecule has 8 nitrogen and oxygen atoms in total. The zero-order valence-corrected chi connectivity index (χ0v) is 20.4. The Morgan fingerprint density at radius 1 is 1.09 bits per heavy atom. The van der Waals surface area contributed by atoms with Gasteiger partial charge in [-0.05, 0) is 75.6 Å². The number of hydrogen-bond donors (Lipinski definition) is 1. The van der Waals surface area contributed by atoms with Crippen LogP contribution in [0.25, 0.3) is 0 Å². The molecule has 3 rings (SSSR count). The molecule has 1 N–H and O–H groups in total. The summed E-state index contributed by atoms with van der Waals surface area (Å²) >= 11 is 0. The molecular formula is C24H32N2O6S. The Labute approximate surface area is 196 Å². The molecule has 1 aliphatic heterocycles. The summed E-state index contributed by atoms with van der Waals surface area (Å²) in [5, 5.41) is 3.00. The van der Waals surface area contributed by atoms with E-state index in [-0.39, 0.29) is 28.3 Å². The molecule has 0 spiro atoms. The number of methoxy groups -OCH3 is 1. The smallest absolute Gasteiger partial charge is 0.339 e. The highest BCUT2D eigenvalue weighted by Crippen LogP contribution is 2.22. The molecule has 0 saturated carbocycles. The summed E-state index contributed by atoms with van der Waals surface area (Å²) in [6.45, 7) is 7.38. The van der Waals surface area contributed by atoms with Crippen LogP contribution < -0.4 is 14.2 Å². The third-order valence-corrected chi connectivity index (χ3v) is 6.33. The molecule has 0 aromatic heterocycles. The van der Waals surface area contributed by atoms with Gasteiger partial charge in [-0.2, -0.15) is 8.42 Å². The van der Waals surface area contributed by atoms with E-state index in [4.69, 9.17) is 13.7 Å². The monoisotopic (exact) mass is 476 g/mol. The van der Waals surface area contributed by atoms with Gasteiger partial charge in [0, 0.05) is 25.2 Å². The van der Waals surface area contributed by atoms with Gasteiger partial charge in [0.15, 0.2) is 0 Å². The van der Waals surface area contributed by atoms with Crippen molar-refractivity contribution in [1.29, 1.82) is 0 Å². The predicted molar refractivity (Wildman–Crippen MR) is 125 cm³/mol. The van der Waals surface area contributed by atoms with Crippen molar-refractivity contribution in [3.05, 3.63) is 54.1 Å². The summed E-state index contributed by atoms with van der Waals surface area (Å²) in [7, 11) is -2.46. The van der Waals surface area contributed by atoms with Crippen LogP contribution >= 0.6 is 0 Å². The fourth-order valence-corrected chi connectivity index (χ4v) is 4.37. The van der Waals surface area contributed by atoms with Gasteiger partial charge in [0.25, 0.3) is 0 Å². The lowest BCUT2D eigenvalue weighted by atomic mass is 10.1. The molecule has 2 amide bonds. The number of nitrogens with one attached hydrogen (secondary N) is 1. The van der Waals surface area contributed by atoms with E-state index in [1.165, 1.54) is 19.2 Å². The molecule has 1 aliphatic rings. The highest BCUT2D eigenvalue weighted by molar-refractivity contribution is 7.87. The second kappa shape index (κ2) is 10.4. The Morgan fingerprint density at radius 3 is 2.27 bits per heavy atom. The number of nitrogens with zero attached hydrogens (tertiary/aromatic N) is 1. The first kappa shape index (κ1) is 24.9. The van der Waals surface area contributed by atoms with Crippen molar-refractivity contribution in [2.45, 2.75) is 56.7 Å². The molecule has 0 bridgehead atoms. The number of benzene rings is 2. The van der Waals surface area contributed by atoms with Crippen molar-refractivity contribution in [3.63, 3.8) is 0 Å². The lowest BCUT2D eigenvalue weighted by Crippen LogP contribution is -2.50. The maximum Gasteiger partial charge on any atom is 0.339 e. The minimum atomic E-state index is -3.97. The number of urea groups is 1. The maximum absolute atomic E-state index is 12.9. The van der Waals surface area contributed by atoms with Crippen LogP contribution in [0.4, 0.5) is 4.79 Å². The predicted octanol–water partition coefficient (Wildman–Crippen LogP) is 3.95. The lowest BCUT2D eigenvalue weighted by molar-refractivity contribution is 0.0782. The van der Waals surface area contributed by atoms with Crippen LogP contribution in [-0.2, 0) is 21.4 Å². The zero-order valence-electron chi connectivity index (χ0n) is 19.5. The molecule has 33 heavy (non-hydrogen) atoms. The quantitative estimate of drug-likeness (QED) is 0.580. The van der Waals surface area contributed by atoms with Crippen molar-refractivity contribution in [2.75, 3.05) is 20.3 Å². The van der Waals surface area contributed by atoms with Crippen LogP contribution in [0.2, 0.25) is 0 Å². The van der Waals surface area contributed by atoms with Crippen molar-refractivity contribution in [2.24, 2.45) is 0 Å². The first-order valence-corrected chi connectivity index (χ1v) is 12.3. The molecule has 1 heterocycles. The van der Waals surface area contributed by atoms with Gasteiger partial charge < -0.3 is 23.9 Å². The largest absolute Gasteiger partial charge is 0.497 e. The molecule has 1 atom stereocenters. The van der Waals surface area contributed by atoms with Crippen molar-refractivity contribution < 1.29 is 26.9 Å². The van der Waals surface area contributed by atoms with Crippen LogP contribution in [0, 0.1) is 0 Å². The van der Waals surface area contributed by atoms with Crippen LogP contribution in [0.15, 0.2) is 53.4 Å². The van der Waals surface area contributed by atoms with E-state index in [1.54, 1.807) is 41.3 Å². The highest BCUT2D eigenvalue weighted by atomic mass is 32.2. The van der Waals surface area contributed by atoms with E-state index in [2.05, 4.69) is 5.32 Å². The Balaban J connectivity index is 1.68. The fourth-order valence-electron chi connectivity index (χ4n) is 3.44. The van der Waals surface area contributed by atoms with Gasteiger partial charge in [-0.3, -0.25) is 0 Å². The molecule has 1 unspecified atom stereocenters. The van der Waals surface area contributed by atoms with Crippen molar-refractivity contribution in [3.8, 4) is 11.5 Å². The number of rotatable bonds is 8. The average Bonchev–Trinajstić information content (AvgIpc) is 3.26. The number of ether oxygens (including phenoxy) is 2. The van der Waals surface area contributed by atoms with Gasteiger partial charge in [0.05, 0.1) is 13.2 Å². The van der Waals surface area contributed by atoms with Gasteiger partial charge in [-0.15, -0.1) is 0 Å². The van der Waals surface area contributed by atoms with Gasteiger partial charge in [-0.1, -0.05) is 12.1 Å². The van der Waals surface area contributed by atoms with Crippen LogP contribution in [0.5, 0.6) is 11.5 Å². The molecule has 180 valence electrons. The molecule has 1 saturated heterocycles. The molecule has 0 radical (unpaired) electrons. The maximum atomic E-state index is 12.9. The average molecular weight is 477 g/mol. The molecule has 1 fully saturated rings. The van der Waals surface area contributed by atoms with Crippen LogP contribution in [-0.4, -0.2) is 51.3 Å². The van der Waals surface area contributed by atoms with Crippen LogP contribution in [0.3, 0.4) is 0 Å². The van der Waals surface area contributed by atoms with Crippen molar-refractivity contribution >= 4 is 16.1 Å². The summed E-state index contributed by atoms with van der Waals surface area (Å²) in [6, 6.07) is 12.5. The summed E-state index contributed by atoms with van der Waals surface area (Å²) < 4.78 is 41.1. The Bertz CT molecular complexity index is 1020. The summed E-state index contributed by atoms with van der Waals surface area (Å²) in [4.78, 5) is 14.6. The summed E-state index contributed by atoms with van der Waals surface area (Å²) in [6.07, 6.45) is 1.94. The fraction of sp³-hybridized carbons (Fsp3) is 0.458. The molecule has 2 aromatic carbocycles. The Kier molecular flexibility index (Phi) is 7.86. The second-order valence-corrected chi connectivity index (χ2v) is 10.6. The Morgan fingerprint density at radius 2 is 1.73 bits per heavy atom. The lowest BCUT2D eigenvalue weighted by Gasteiger charge is -2.30. The van der Waals surface area contributed by atoms with E-state index in [0.717, 1.165) is 18.4 Å². The summed E-state index contributed by atoms with van der Waals surface area (Å²) in [5.41, 5.74) is 0.491. The first-order chi connectivity index (χ1) is 15.6. The Hall–Kier alpha value is -2.78. The third kappa shape index (κ3) is 7.36. The number of amides is 2. The van der Waals surface area contributed by atoms with Crippen molar-refractivity contribution in [1.82, 2.24) is 10.2 Å². The second-order valence-electron chi connectivity index (χ2n) is 9.05. The molecular weight excluding hydrogens is 444 g/mol. The van der Waals surface area contributed by atoms with E-state index < -0.39 is 10.1 Å². The molecule has 2 aromatic rings. The van der Waals surface area contributed by atoms with E-state index in [9.17, 15) is 13.2 Å². The summed E-state index contributed by atoms with van der Waals surface area (Å²) in [5.74, 6) is 0.751. The topological polar surface area (TPSA) is 94.2 Å². The number of hydrogen-bond acceptors (Lipinski definition) is 6. The standard InChI is InChI=1S/C24H32N2O6S/c1-24(2,3)25-23(27)26(17-21-6-5-15-31-21)16-18-7-9-20(10-8-18)32-33(28,29)22-13-11-19(30-4)12-14-22/h7-14,21H,5-6,15-17H2,1-4H3,(H,25,27). The van der Waals surface area contributed by atoms with E-state index in [1.807, 2.05) is 20.8 Å². The van der Waals surface area contributed by atoms with Gasteiger partial charge in [0.2, 0.25) is 0 Å². The van der Waals surface area contributed by atoms with E-state index >= 15 is 0 Å². The number of carbonyl (C=O) groups excluding carboxylic acids is 1.